The second-order valence-electron chi connectivity index (χ2n) is 10.7. The van der Waals surface area contributed by atoms with Crippen LogP contribution in [0, 0.1) is 23.3 Å². The Bertz CT molecular complexity index is 1490. The first kappa shape index (κ1) is 29.1. The molecule has 2 aliphatic heterocycles. The number of methoxy groups -OCH3 is 1. The molecule has 0 bridgehead atoms. The molecule has 2 unspecified atom stereocenters. The summed E-state index contributed by atoms with van der Waals surface area (Å²) in [6.07, 6.45) is 1.14. The zero-order valence-corrected chi connectivity index (χ0v) is 23.4. The zero-order valence-electron chi connectivity index (χ0n) is 22.7. The van der Waals surface area contributed by atoms with Gasteiger partial charge in [-0.2, -0.15) is 5.10 Å². The van der Waals surface area contributed by atoms with E-state index < -0.39 is 46.2 Å². The Labute approximate surface area is 239 Å². The normalized spacial score (nSPS) is 22.6. The lowest BCUT2D eigenvalue weighted by Gasteiger charge is -2.44. The smallest absolute Gasteiger partial charge is 0.249 e. The summed E-state index contributed by atoms with van der Waals surface area (Å²) < 4.78 is 69.6. The van der Waals surface area contributed by atoms with Gasteiger partial charge >= 0.3 is 0 Å². The molecular weight excluding hydrogens is 564 g/mol. The standard InChI is InChI=1S/C29H29ClF4N4O3/c1-28(27(39)35-29(16-40-3)10-12-37(2)13-11-29)25(23-8-9-24(30)41-23)26(19-6-4-17(31)14-20(19)33)36-38(28)22-7-5-18(32)15-21(22)34/h4-9,14-15,25H,10-13,16H2,1-3H3,(H,35,39). The third-order valence-electron chi connectivity index (χ3n) is 7.91. The van der Waals surface area contributed by atoms with E-state index in [0.29, 0.717) is 38.1 Å². The van der Waals surface area contributed by atoms with Crippen LogP contribution in [0.4, 0.5) is 23.2 Å². The maximum Gasteiger partial charge on any atom is 0.249 e. The number of carbonyl (C=O) groups is 1. The highest BCUT2D eigenvalue weighted by atomic mass is 35.5. The number of carbonyl (C=O) groups excluding carboxylic acids is 1. The molecule has 0 saturated carbocycles. The van der Waals surface area contributed by atoms with E-state index in [4.69, 9.17) is 20.8 Å². The molecule has 3 aromatic rings. The fraction of sp³-hybridized carbons (Fsp3) is 0.379. The SMILES string of the molecule is COCC1(NC(=O)C2(C)C(c3ccc(Cl)o3)C(c3ccc(F)cc3F)=NN2c2ccc(F)cc2F)CCN(C)CC1. The summed E-state index contributed by atoms with van der Waals surface area (Å²) in [5, 5.41) is 8.79. The average molecular weight is 593 g/mol. The average Bonchev–Trinajstić information content (AvgIpc) is 3.47. The van der Waals surface area contributed by atoms with Gasteiger partial charge in [0.25, 0.3) is 0 Å². The van der Waals surface area contributed by atoms with Crippen LogP contribution in [-0.4, -0.2) is 61.5 Å². The molecule has 0 radical (unpaired) electrons. The number of rotatable bonds is 7. The van der Waals surface area contributed by atoms with Crippen molar-refractivity contribution in [1.29, 1.82) is 0 Å². The first-order valence-corrected chi connectivity index (χ1v) is 13.4. The van der Waals surface area contributed by atoms with Gasteiger partial charge in [0.2, 0.25) is 5.91 Å². The molecule has 1 N–H and O–H groups in total. The van der Waals surface area contributed by atoms with Gasteiger partial charge in [-0.3, -0.25) is 4.79 Å². The van der Waals surface area contributed by atoms with Crippen LogP contribution in [0.1, 0.15) is 37.0 Å². The predicted octanol–water partition coefficient (Wildman–Crippen LogP) is 5.48. The zero-order chi connectivity index (χ0) is 29.5. The highest BCUT2D eigenvalue weighted by Gasteiger charge is 2.58. The molecule has 3 heterocycles. The van der Waals surface area contributed by atoms with Crippen LogP contribution in [0.25, 0.3) is 0 Å². The van der Waals surface area contributed by atoms with Crippen molar-refractivity contribution in [1.82, 2.24) is 10.2 Å². The Kier molecular flexibility index (Phi) is 7.88. The number of nitrogens with one attached hydrogen (secondary N) is 1. The fourth-order valence-corrected chi connectivity index (χ4v) is 5.79. The predicted molar refractivity (Wildman–Crippen MR) is 146 cm³/mol. The van der Waals surface area contributed by atoms with Gasteiger partial charge in [0.05, 0.1) is 29.5 Å². The monoisotopic (exact) mass is 592 g/mol. The number of anilines is 1. The van der Waals surface area contributed by atoms with Gasteiger partial charge in [-0.1, -0.05) is 0 Å². The molecule has 0 aliphatic carbocycles. The molecule has 1 aromatic heterocycles. The van der Waals surface area contributed by atoms with Crippen LogP contribution in [0.15, 0.2) is 58.0 Å². The minimum atomic E-state index is -1.79. The Hall–Kier alpha value is -3.41. The first-order chi connectivity index (χ1) is 19.5. The van der Waals surface area contributed by atoms with E-state index in [0.717, 1.165) is 23.2 Å². The highest BCUT2D eigenvalue weighted by Crippen LogP contribution is 2.47. The quantitative estimate of drug-likeness (QED) is 0.368. The number of amides is 1. The Morgan fingerprint density at radius 2 is 1.73 bits per heavy atom. The van der Waals surface area contributed by atoms with Crippen molar-refractivity contribution in [3.05, 3.63) is 88.3 Å². The van der Waals surface area contributed by atoms with Gasteiger partial charge in [-0.25, -0.2) is 22.6 Å². The van der Waals surface area contributed by atoms with Crippen molar-refractivity contribution < 1.29 is 31.5 Å². The van der Waals surface area contributed by atoms with E-state index in [-0.39, 0.29) is 34.5 Å². The number of ether oxygens (including phenoxy) is 1. The summed E-state index contributed by atoms with van der Waals surface area (Å²) >= 11 is 6.12. The van der Waals surface area contributed by atoms with Crippen LogP contribution < -0.4 is 10.3 Å². The van der Waals surface area contributed by atoms with Crippen LogP contribution in [0.3, 0.4) is 0 Å². The second kappa shape index (κ2) is 11.1. The lowest BCUT2D eigenvalue weighted by molar-refractivity contribution is -0.129. The number of likely N-dealkylation sites (tertiary alicyclic amines) is 1. The van der Waals surface area contributed by atoms with E-state index in [1.54, 1.807) is 0 Å². The van der Waals surface area contributed by atoms with Crippen LogP contribution in [0.5, 0.6) is 0 Å². The lowest BCUT2D eigenvalue weighted by atomic mass is 9.77. The Balaban J connectivity index is 1.70. The van der Waals surface area contributed by atoms with E-state index in [2.05, 4.69) is 15.3 Å². The van der Waals surface area contributed by atoms with E-state index in [1.807, 2.05) is 7.05 Å². The van der Waals surface area contributed by atoms with Crippen molar-refractivity contribution in [3.8, 4) is 0 Å². The van der Waals surface area contributed by atoms with Crippen LogP contribution in [0.2, 0.25) is 5.22 Å². The van der Waals surface area contributed by atoms with Gasteiger partial charge < -0.3 is 19.4 Å². The number of piperidine rings is 1. The highest BCUT2D eigenvalue weighted by molar-refractivity contribution is 6.28. The number of hydrogen-bond donors (Lipinski definition) is 1. The van der Waals surface area contributed by atoms with E-state index in [9.17, 15) is 13.6 Å². The van der Waals surface area contributed by atoms with Crippen molar-refractivity contribution in [2.45, 2.75) is 36.8 Å². The fourth-order valence-electron chi connectivity index (χ4n) is 5.64. The van der Waals surface area contributed by atoms with Crippen LogP contribution in [-0.2, 0) is 9.53 Å². The maximum absolute atomic E-state index is 15.3. The molecule has 41 heavy (non-hydrogen) atoms. The number of benzene rings is 2. The number of hydrazone groups is 1. The number of hydrogen-bond acceptors (Lipinski definition) is 6. The second-order valence-corrected chi connectivity index (χ2v) is 11.1. The van der Waals surface area contributed by atoms with Gasteiger partial charge in [0.15, 0.2) is 16.6 Å². The van der Waals surface area contributed by atoms with E-state index in [1.165, 1.54) is 32.2 Å². The molecule has 7 nitrogen and oxygen atoms in total. The van der Waals surface area contributed by atoms with E-state index >= 15 is 8.78 Å². The van der Waals surface area contributed by atoms with Crippen molar-refractivity contribution in [2.24, 2.45) is 5.10 Å². The molecule has 12 heteroatoms. The molecule has 1 fully saturated rings. The summed E-state index contributed by atoms with van der Waals surface area (Å²) in [5.41, 5.74) is -2.93. The lowest BCUT2D eigenvalue weighted by Crippen LogP contribution is -2.65. The molecule has 0 spiro atoms. The number of furan rings is 1. The van der Waals surface area contributed by atoms with Gasteiger partial charge in [0.1, 0.15) is 23.2 Å². The summed E-state index contributed by atoms with van der Waals surface area (Å²) in [6.45, 7) is 3.11. The van der Waals surface area contributed by atoms with Gasteiger partial charge in [-0.15, -0.1) is 0 Å². The molecule has 2 aromatic carbocycles. The Morgan fingerprint density at radius 1 is 1.07 bits per heavy atom. The molecule has 1 amide bonds. The molecule has 218 valence electrons. The molecule has 2 aliphatic rings. The Morgan fingerprint density at radius 3 is 2.32 bits per heavy atom. The van der Waals surface area contributed by atoms with Gasteiger partial charge in [0, 0.05) is 37.9 Å². The van der Waals surface area contributed by atoms with Crippen molar-refractivity contribution in [3.63, 3.8) is 0 Å². The largest absolute Gasteiger partial charge is 0.449 e. The maximum atomic E-state index is 15.3. The summed E-state index contributed by atoms with van der Waals surface area (Å²) in [6, 6.07) is 8.75. The molecular formula is C29H29ClF4N4O3. The minimum Gasteiger partial charge on any atom is -0.449 e. The third kappa shape index (κ3) is 5.33. The topological polar surface area (TPSA) is 70.3 Å². The summed E-state index contributed by atoms with van der Waals surface area (Å²) in [7, 11) is 3.51. The van der Waals surface area contributed by atoms with Crippen molar-refractivity contribution in [2.75, 3.05) is 38.9 Å². The molecule has 2 atom stereocenters. The summed E-state index contributed by atoms with van der Waals surface area (Å²) in [5.74, 6) is -5.16. The number of nitrogens with zero attached hydrogens (tertiary/aromatic N) is 3. The minimum absolute atomic E-state index is 0.000676. The van der Waals surface area contributed by atoms with Crippen LogP contribution >= 0.6 is 11.6 Å². The molecule has 5 rings (SSSR count). The summed E-state index contributed by atoms with van der Waals surface area (Å²) in [4.78, 5) is 16.7. The van der Waals surface area contributed by atoms with Gasteiger partial charge in [-0.05, 0) is 74.8 Å². The molecule has 1 saturated heterocycles. The first-order valence-electron chi connectivity index (χ1n) is 13.0. The number of halogens is 5. The van der Waals surface area contributed by atoms with Crippen molar-refractivity contribution >= 4 is 28.9 Å². The third-order valence-corrected chi connectivity index (χ3v) is 8.11.